The molecule has 0 radical (unpaired) electrons. The Morgan fingerprint density at radius 3 is 1.57 bits per heavy atom. The molecule has 0 spiro atoms. The number of rotatable bonds is 18. The van der Waals surface area contributed by atoms with E-state index in [1.54, 1.807) is 56.2 Å². The van der Waals surface area contributed by atoms with E-state index in [0.29, 0.717) is 46.6 Å². The third kappa shape index (κ3) is 21.1. The van der Waals surface area contributed by atoms with Gasteiger partial charge in [0.2, 0.25) is 0 Å². The number of benzene rings is 2. The Kier molecular flexibility index (Phi) is 30.4. The normalized spacial score (nSPS) is 11.7. The topological polar surface area (TPSA) is 143 Å². The van der Waals surface area contributed by atoms with Gasteiger partial charge in [0.1, 0.15) is 29.3 Å². The van der Waals surface area contributed by atoms with Gasteiger partial charge in [0.25, 0.3) is 6.47 Å². The number of pyridine rings is 6. The zero-order chi connectivity index (χ0) is 57.3. The molecule has 0 amide bonds. The summed E-state index contributed by atoms with van der Waals surface area (Å²) in [6, 6.07) is 47.7. The molecule has 1 unspecified atom stereocenters. The monoisotopic (exact) mass is 1210 g/mol. The number of halogens is 2. The summed E-state index contributed by atoms with van der Waals surface area (Å²) >= 11 is 11.6. The first-order valence-electron chi connectivity index (χ1n) is 27.2. The van der Waals surface area contributed by atoms with Crippen molar-refractivity contribution in [3.63, 3.8) is 0 Å². The van der Waals surface area contributed by atoms with Crippen molar-refractivity contribution in [1.29, 1.82) is 5.26 Å². The van der Waals surface area contributed by atoms with Crippen molar-refractivity contribution >= 4 is 52.2 Å². The molecule has 9 rings (SSSR count). The third-order valence-corrected chi connectivity index (χ3v) is 12.5. The van der Waals surface area contributed by atoms with Crippen molar-refractivity contribution in [3.05, 3.63) is 211 Å². The maximum absolute atomic E-state index is 11.1. The number of ether oxygens (including phenoxy) is 2. The van der Waals surface area contributed by atoms with Gasteiger partial charge in [-0.05, 0) is 160 Å². The largest absolute Gasteiger partial charge is 0.460 e. The molecular formula is C66H73Cl2N9O3Ru. The molecule has 1 atom stereocenters. The van der Waals surface area contributed by atoms with E-state index in [0.717, 1.165) is 77.0 Å². The molecule has 0 fully saturated rings. The van der Waals surface area contributed by atoms with E-state index in [-0.39, 0.29) is 19.5 Å². The number of unbranched alkanes of at least 4 members (excludes halogenated alkanes) is 1. The van der Waals surface area contributed by atoms with Crippen molar-refractivity contribution in [2.45, 2.75) is 80.3 Å². The number of nitriles is 1. The summed E-state index contributed by atoms with van der Waals surface area (Å²) in [6.07, 6.45) is 16.6. The number of anilines is 2. The van der Waals surface area contributed by atoms with Crippen LogP contribution in [0.15, 0.2) is 189 Å². The summed E-state index contributed by atoms with van der Waals surface area (Å²) in [7, 11) is 0. The van der Waals surface area contributed by atoms with Crippen LogP contribution >= 0.6 is 23.2 Å². The number of hydrogen-bond donors (Lipinski definition) is 0. The maximum atomic E-state index is 11.1. The maximum Gasteiger partial charge on any atom is 0.293 e. The predicted octanol–water partition coefficient (Wildman–Crippen LogP) is 15.6. The molecule has 422 valence electrons. The Bertz CT molecular complexity index is 3010. The van der Waals surface area contributed by atoms with Crippen LogP contribution in [0.5, 0.6) is 5.75 Å². The first-order valence-corrected chi connectivity index (χ1v) is 28.2. The van der Waals surface area contributed by atoms with Crippen LogP contribution in [0.1, 0.15) is 83.1 Å². The number of fused-ring (bicyclic) bond motifs is 1. The van der Waals surface area contributed by atoms with E-state index in [9.17, 15) is 10.1 Å². The minimum absolute atomic E-state index is 0. The first-order chi connectivity index (χ1) is 39.1. The molecule has 0 aliphatic carbocycles. The van der Waals surface area contributed by atoms with Crippen LogP contribution in [-0.4, -0.2) is 80.4 Å². The Hall–Kier alpha value is -7.62. The minimum Gasteiger partial charge on any atom is -0.460 e. The van der Waals surface area contributed by atoms with Gasteiger partial charge in [-0.3, -0.25) is 34.7 Å². The van der Waals surface area contributed by atoms with Gasteiger partial charge in [0, 0.05) is 123 Å². The fourth-order valence-corrected chi connectivity index (χ4v) is 8.56. The zero-order valence-electron chi connectivity index (χ0n) is 47.4. The van der Waals surface area contributed by atoms with Gasteiger partial charge < -0.3 is 19.3 Å². The second-order valence-corrected chi connectivity index (χ2v) is 18.9. The number of nitrogens with zero attached hydrogens (tertiary/aromatic N) is 9. The van der Waals surface area contributed by atoms with E-state index < -0.39 is 6.10 Å². The smallest absolute Gasteiger partial charge is 0.293 e. The second-order valence-electron chi connectivity index (χ2n) is 18.1. The Morgan fingerprint density at radius 2 is 1.12 bits per heavy atom. The standard InChI is InChI=1S/C29H28N4O3.C14H21Cl2N.2C10H8N2.C3H8.Ru/c1-5-33(6-2)22-7-8-23-24(20(4)35-18-34)16-29(36-28(23)15-22)25(17-30)21-10-12-32-27(14-21)26-13-19(3)9-11-31-26;1-2-3-4-13-5-7-14(8-6-13)17(11-9-15)12-10-16;2*1-3-7-11-9(5-1)10-6-2-4-8-12-10;1-3-2;/h7-16,18,20H,5-6H2,1-4H3;5-8H,2-4,9-12H2,1H3;2*1-8H;3H2,1-2H3;/b29-25-;;;;;. The van der Waals surface area contributed by atoms with Gasteiger partial charge in [0.15, 0.2) is 0 Å². The van der Waals surface area contributed by atoms with Crippen molar-refractivity contribution in [1.82, 2.24) is 29.9 Å². The van der Waals surface area contributed by atoms with Crippen LogP contribution < -0.4 is 14.5 Å². The van der Waals surface area contributed by atoms with Crippen LogP contribution in [-0.2, 0) is 35.4 Å². The van der Waals surface area contributed by atoms with Gasteiger partial charge in [-0.2, -0.15) is 5.26 Å². The van der Waals surface area contributed by atoms with Gasteiger partial charge in [0.05, 0.1) is 34.2 Å². The molecule has 0 bridgehead atoms. The summed E-state index contributed by atoms with van der Waals surface area (Å²) in [4.78, 5) is 41.2. The molecule has 2 aromatic carbocycles. The number of carbonyl (C=O) groups is 1. The van der Waals surface area contributed by atoms with Gasteiger partial charge in [-0.15, -0.1) is 23.2 Å². The fraction of sp³-hybridized carbons (Fsp3) is 0.273. The van der Waals surface area contributed by atoms with E-state index in [4.69, 9.17) is 32.7 Å². The molecule has 1 aliphatic heterocycles. The molecule has 7 heterocycles. The molecule has 8 aromatic rings. The van der Waals surface area contributed by atoms with E-state index in [1.807, 2.05) is 116 Å². The SMILES string of the molecule is CCC.CCCCc1ccc(N(CCCl)CCCl)cc1.CCN(CC)c1ccc2c(c1)O/C(=C(/C#N)c1ccnc(-c3cc(C)ccn3)c1)C=C2C(C)OC=O.[Ru].c1ccc(-c2ccccn2)nc1.c1ccc(-c2ccccn2)nc1. The quantitative estimate of drug-likeness (QED) is 0.0349. The van der Waals surface area contributed by atoms with Crippen LogP contribution in [0.25, 0.3) is 45.3 Å². The molecule has 0 N–H and O–H groups in total. The molecule has 0 saturated carbocycles. The van der Waals surface area contributed by atoms with Crippen molar-refractivity contribution in [2.75, 3.05) is 47.7 Å². The Balaban J connectivity index is 0.000000258. The summed E-state index contributed by atoms with van der Waals surface area (Å²) in [5.74, 6) is 2.26. The molecule has 12 nitrogen and oxygen atoms in total. The molecule has 15 heteroatoms. The van der Waals surface area contributed by atoms with Crippen LogP contribution in [0, 0.1) is 18.3 Å². The predicted molar refractivity (Wildman–Crippen MR) is 330 cm³/mol. The third-order valence-electron chi connectivity index (χ3n) is 12.2. The van der Waals surface area contributed by atoms with Crippen LogP contribution in [0.3, 0.4) is 0 Å². The number of alkyl halides is 2. The van der Waals surface area contributed by atoms with Gasteiger partial charge in [-0.1, -0.05) is 70.0 Å². The summed E-state index contributed by atoms with van der Waals surface area (Å²) in [5, 5.41) is 10.2. The Labute approximate surface area is 502 Å². The fourth-order valence-electron chi connectivity index (χ4n) is 8.15. The number of allylic oxidation sites excluding steroid dienone is 2. The summed E-state index contributed by atoms with van der Waals surface area (Å²) in [6.45, 7) is 18.3. The van der Waals surface area contributed by atoms with Crippen LogP contribution in [0.4, 0.5) is 11.4 Å². The molecule has 0 saturated heterocycles. The van der Waals surface area contributed by atoms with Crippen molar-refractivity contribution in [2.24, 2.45) is 0 Å². The zero-order valence-corrected chi connectivity index (χ0v) is 50.7. The molecule has 81 heavy (non-hydrogen) atoms. The molecule has 6 aromatic heterocycles. The van der Waals surface area contributed by atoms with Crippen molar-refractivity contribution in [3.8, 4) is 46.0 Å². The molecule has 1 aliphatic rings. The van der Waals surface area contributed by atoms with E-state index >= 15 is 0 Å². The summed E-state index contributed by atoms with van der Waals surface area (Å²) in [5.41, 5.74) is 12.3. The average Bonchev–Trinajstić information content (AvgIpc) is 3.71. The van der Waals surface area contributed by atoms with Gasteiger partial charge >= 0.3 is 0 Å². The summed E-state index contributed by atoms with van der Waals surface area (Å²) < 4.78 is 11.6. The average molecular weight is 1210 g/mol. The van der Waals surface area contributed by atoms with E-state index in [2.05, 4.69) is 105 Å². The number of hydrogen-bond acceptors (Lipinski definition) is 12. The van der Waals surface area contributed by atoms with Crippen LogP contribution in [0.2, 0.25) is 0 Å². The first kappa shape index (κ1) is 65.9. The molecular weight excluding hydrogens is 1140 g/mol. The van der Waals surface area contributed by atoms with Gasteiger partial charge in [-0.25, -0.2) is 0 Å². The number of carbonyl (C=O) groups excluding carboxylic acids is 1. The van der Waals surface area contributed by atoms with Crippen molar-refractivity contribution < 1.29 is 33.7 Å². The number of aryl methyl sites for hydroxylation is 2. The second kappa shape index (κ2) is 37.3. The minimum atomic E-state index is -0.524. The Morgan fingerprint density at radius 1 is 0.630 bits per heavy atom. The number of aromatic nitrogens is 6. The van der Waals surface area contributed by atoms with E-state index in [1.165, 1.54) is 36.9 Å².